The van der Waals surface area contributed by atoms with E-state index in [1.54, 1.807) is 11.3 Å². The Hall–Kier alpha value is -1.83. The van der Waals surface area contributed by atoms with Crippen LogP contribution in [0, 0.1) is 6.92 Å². The number of aliphatic imine (C=N–C) groups is 1. The average molecular weight is 377 g/mol. The minimum absolute atomic E-state index is 0.165. The Morgan fingerprint density at radius 3 is 2.77 bits per heavy atom. The number of aryl methyl sites for hydroxylation is 1. The second-order valence-electron chi connectivity index (χ2n) is 6.27. The maximum absolute atomic E-state index is 5.93. The van der Waals surface area contributed by atoms with Crippen molar-refractivity contribution in [3.8, 4) is 0 Å². The van der Waals surface area contributed by atoms with Crippen LogP contribution in [-0.2, 0) is 11.3 Å². The van der Waals surface area contributed by atoms with Crippen molar-refractivity contribution in [3.05, 3.63) is 46.0 Å². The highest BCUT2D eigenvalue weighted by atomic mass is 32.1. The summed E-state index contributed by atoms with van der Waals surface area (Å²) >= 11 is 1.73. The highest BCUT2D eigenvalue weighted by molar-refractivity contribution is 7.09. The fourth-order valence-corrected chi connectivity index (χ4v) is 3.65. The summed E-state index contributed by atoms with van der Waals surface area (Å²) in [5, 5.41) is 8.90. The maximum Gasteiger partial charge on any atom is 0.191 e. The molecule has 0 radical (unpaired) electrons. The van der Waals surface area contributed by atoms with Crippen LogP contribution in [0.5, 0.6) is 0 Å². The van der Waals surface area contributed by atoms with Crippen molar-refractivity contribution < 1.29 is 9.15 Å². The summed E-state index contributed by atoms with van der Waals surface area (Å²) in [4.78, 5) is 8.38. The van der Waals surface area contributed by atoms with Gasteiger partial charge in [-0.1, -0.05) is 6.07 Å². The van der Waals surface area contributed by atoms with Gasteiger partial charge in [-0.2, -0.15) is 0 Å². The molecule has 2 aromatic heterocycles. The van der Waals surface area contributed by atoms with Crippen LogP contribution in [0.25, 0.3) is 0 Å². The van der Waals surface area contributed by atoms with Crippen LogP contribution in [0.4, 0.5) is 0 Å². The Morgan fingerprint density at radius 2 is 2.12 bits per heavy atom. The largest absolute Gasteiger partial charge is 0.465 e. The number of furan rings is 1. The standard InChI is InChI=1S/C19H28N4O2S/c1-3-20-19(21-13-16-5-4-12-26-16)22-14-17(18-7-6-15(2)25-18)23-8-10-24-11-9-23/h4-7,12,17H,3,8-11,13-14H2,1-2H3,(H2,20,21,22). The highest BCUT2D eigenvalue weighted by Gasteiger charge is 2.25. The van der Waals surface area contributed by atoms with Gasteiger partial charge in [0.1, 0.15) is 11.5 Å². The Balaban J connectivity index is 1.66. The molecule has 7 heteroatoms. The Labute approximate surface area is 159 Å². The Kier molecular flexibility index (Phi) is 7.11. The molecule has 3 rings (SSSR count). The number of ether oxygens (including phenoxy) is 1. The summed E-state index contributed by atoms with van der Waals surface area (Å²) < 4.78 is 11.4. The fraction of sp³-hybridized carbons (Fsp3) is 0.526. The molecule has 1 saturated heterocycles. The molecule has 0 aromatic carbocycles. The highest BCUT2D eigenvalue weighted by Crippen LogP contribution is 2.23. The summed E-state index contributed by atoms with van der Waals surface area (Å²) in [6, 6.07) is 8.44. The van der Waals surface area contributed by atoms with Gasteiger partial charge in [0.05, 0.1) is 25.8 Å². The molecule has 0 bridgehead atoms. The molecule has 0 amide bonds. The van der Waals surface area contributed by atoms with Crippen LogP contribution < -0.4 is 10.6 Å². The van der Waals surface area contributed by atoms with Crippen molar-refractivity contribution in [3.63, 3.8) is 0 Å². The second-order valence-corrected chi connectivity index (χ2v) is 7.30. The maximum atomic E-state index is 5.93. The van der Waals surface area contributed by atoms with Gasteiger partial charge in [0.15, 0.2) is 5.96 Å². The SMILES string of the molecule is CCNC(=NCc1cccs1)NCC(c1ccc(C)o1)N1CCOCC1. The molecule has 1 aliphatic heterocycles. The molecule has 2 aromatic rings. The van der Waals surface area contributed by atoms with Gasteiger partial charge in [-0.15, -0.1) is 11.3 Å². The van der Waals surface area contributed by atoms with Crippen LogP contribution in [0.3, 0.4) is 0 Å². The van der Waals surface area contributed by atoms with Crippen molar-refractivity contribution in [2.45, 2.75) is 26.4 Å². The summed E-state index contributed by atoms with van der Waals surface area (Å²) in [5.41, 5.74) is 0. The van der Waals surface area contributed by atoms with Crippen molar-refractivity contribution in [1.29, 1.82) is 0 Å². The van der Waals surface area contributed by atoms with Gasteiger partial charge in [-0.3, -0.25) is 4.90 Å². The first-order valence-corrected chi connectivity index (χ1v) is 10.1. The van der Waals surface area contributed by atoms with Crippen LogP contribution >= 0.6 is 11.3 Å². The third kappa shape index (κ3) is 5.33. The smallest absolute Gasteiger partial charge is 0.191 e. The van der Waals surface area contributed by atoms with E-state index in [0.29, 0.717) is 6.54 Å². The van der Waals surface area contributed by atoms with Crippen LogP contribution in [-0.4, -0.2) is 50.3 Å². The number of hydrogen-bond acceptors (Lipinski definition) is 5. The molecule has 3 heterocycles. The van der Waals surface area contributed by atoms with E-state index in [4.69, 9.17) is 14.1 Å². The van der Waals surface area contributed by atoms with Crippen molar-refractivity contribution in [2.75, 3.05) is 39.4 Å². The molecule has 1 atom stereocenters. The predicted octanol–water partition coefficient (Wildman–Crippen LogP) is 2.78. The van der Waals surface area contributed by atoms with Crippen LogP contribution in [0.1, 0.15) is 29.4 Å². The van der Waals surface area contributed by atoms with Gasteiger partial charge >= 0.3 is 0 Å². The van der Waals surface area contributed by atoms with Gasteiger partial charge in [0, 0.05) is 31.1 Å². The molecule has 1 fully saturated rings. The number of thiophene rings is 1. The van der Waals surface area contributed by atoms with E-state index in [1.807, 2.05) is 13.0 Å². The predicted molar refractivity (Wildman–Crippen MR) is 106 cm³/mol. The molecule has 1 unspecified atom stereocenters. The van der Waals surface area contributed by atoms with E-state index >= 15 is 0 Å². The molecule has 0 spiro atoms. The quantitative estimate of drug-likeness (QED) is 0.575. The van der Waals surface area contributed by atoms with Crippen LogP contribution in [0.15, 0.2) is 39.1 Å². The van der Waals surface area contributed by atoms with Gasteiger partial charge in [0.25, 0.3) is 0 Å². The lowest BCUT2D eigenvalue weighted by Gasteiger charge is -2.33. The third-order valence-electron chi connectivity index (χ3n) is 4.36. The number of hydrogen-bond donors (Lipinski definition) is 2. The molecule has 142 valence electrons. The first-order valence-electron chi connectivity index (χ1n) is 9.19. The molecule has 2 N–H and O–H groups in total. The third-order valence-corrected chi connectivity index (χ3v) is 5.22. The minimum atomic E-state index is 0.165. The number of rotatable bonds is 7. The van der Waals surface area contributed by atoms with E-state index in [0.717, 1.165) is 56.9 Å². The zero-order valence-corrected chi connectivity index (χ0v) is 16.3. The van der Waals surface area contributed by atoms with E-state index in [2.05, 4.69) is 46.0 Å². The van der Waals surface area contributed by atoms with E-state index in [1.165, 1.54) is 4.88 Å². The summed E-state index contributed by atoms with van der Waals surface area (Å²) in [6.45, 7) is 9.68. The van der Waals surface area contributed by atoms with E-state index < -0.39 is 0 Å². The second kappa shape index (κ2) is 9.75. The van der Waals surface area contributed by atoms with Crippen LogP contribution in [0.2, 0.25) is 0 Å². The van der Waals surface area contributed by atoms with Crippen molar-refractivity contribution in [2.24, 2.45) is 4.99 Å². The van der Waals surface area contributed by atoms with Crippen molar-refractivity contribution in [1.82, 2.24) is 15.5 Å². The molecule has 1 aliphatic rings. The first-order chi connectivity index (χ1) is 12.8. The number of nitrogens with one attached hydrogen (secondary N) is 2. The molecular formula is C19H28N4O2S. The first kappa shape index (κ1) is 18.9. The van der Waals surface area contributed by atoms with E-state index in [-0.39, 0.29) is 6.04 Å². The lowest BCUT2D eigenvalue weighted by Crippen LogP contribution is -2.46. The lowest BCUT2D eigenvalue weighted by molar-refractivity contribution is 0.0124. The zero-order chi connectivity index (χ0) is 18.2. The van der Waals surface area contributed by atoms with Gasteiger partial charge in [-0.25, -0.2) is 4.99 Å². The Morgan fingerprint density at radius 1 is 1.27 bits per heavy atom. The molecule has 0 saturated carbocycles. The number of nitrogens with zero attached hydrogens (tertiary/aromatic N) is 2. The molecule has 26 heavy (non-hydrogen) atoms. The lowest BCUT2D eigenvalue weighted by atomic mass is 10.1. The normalized spacial score (nSPS) is 17.2. The van der Waals surface area contributed by atoms with Crippen molar-refractivity contribution >= 4 is 17.3 Å². The van der Waals surface area contributed by atoms with Gasteiger partial charge in [0.2, 0.25) is 0 Å². The average Bonchev–Trinajstić information content (AvgIpc) is 3.32. The van der Waals surface area contributed by atoms with Gasteiger partial charge in [-0.05, 0) is 37.4 Å². The molecular weight excluding hydrogens is 348 g/mol. The zero-order valence-electron chi connectivity index (χ0n) is 15.5. The minimum Gasteiger partial charge on any atom is -0.465 e. The molecule has 6 nitrogen and oxygen atoms in total. The Bertz CT molecular complexity index is 678. The summed E-state index contributed by atoms with van der Waals surface area (Å²) in [5.74, 6) is 2.77. The molecule has 0 aliphatic carbocycles. The van der Waals surface area contributed by atoms with Gasteiger partial charge < -0.3 is 19.8 Å². The fourth-order valence-electron chi connectivity index (χ4n) is 3.03. The number of guanidine groups is 1. The summed E-state index contributed by atoms with van der Waals surface area (Å²) in [6.07, 6.45) is 0. The monoisotopic (exact) mass is 376 g/mol. The summed E-state index contributed by atoms with van der Waals surface area (Å²) in [7, 11) is 0. The topological polar surface area (TPSA) is 62.0 Å². The van der Waals surface area contributed by atoms with E-state index in [9.17, 15) is 0 Å². The number of morpholine rings is 1.